The van der Waals surface area contributed by atoms with Crippen LogP contribution in [-0.4, -0.2) is 11.7 Å². The Kier molecular flexibility index (Phi) is 12.7. The van der Waals surface area contributed by atoms with Gasteiger partial charge in [-0.1, -0.05) is 75.4 Å². The van der Waals surface area contributed by atoms with Crippen molar-refractivity contribution in [2.24, 2.45) is 11.7 Å². The summed E-state index contributed by atoms with van der Waals surface area (Å²) >= 11 is 3.92. The van der Waals surface area contributed by atoms with Crippen LogP contribution in [0.5, 0.6) is 0 Å². The van der Waals surface area contributed by atoms with E-state index in [2.05, 4.69) is 111 Å². The smallest absolute Gasteiger partial charge is 0.219 e. The molecule has 0 bridgehead atoms. The molecule has 0 atom stereocenters. The Morgan fingerprint density at radius 3 is 1.21 bits per heavy atom. The molecule has 0 saturated carbocycles. The molecule has 3 aromatic rings. The van der Waals surface area contributed by atoms with Gasteiger partial charge in [0.15, 0.2) is 14.7 Å². The second-order valence-electron chi connectivity index (χ2n) is 6.53. The monoisotopic (exact) mass is 426 g/mol. The molecular weight excluding hydrogens is 394 g/mol. The highest BCUT2D eigenvalue weighted by Gasteiger charge is 2.27. The van der Waals surface area contributed by atoms with Crippen LogP contribution in [0.3, 0.4) is 0 Å². The SMILES string of the molecule is CC(C)C(N)=O.CCCS.c1ccc([S+](c2ccccc2)c2ccccc2)cc1. The largest absolute Gasteiger partial charge is 0.369 e. The molecule has 0 heterocycles. The average molecular weight is 427 g/mol. The molecule has 3 rings (SSSR count). The van der Waals surface area contributed by atoms with Gasteiger partial charge in [0.25, 0.3) is 0 Å². The van der Waals surface area contributed by atoms with E-state index in [4.69, 9.17) is 5.73 Å². The van der Waals surface area contributed by atoms with Gasteiger partial charge in [0.1, 0.15) is 0 Å². The summed E-state index contributed by atoms with van der Waals surface area (Å²) in [4.78, 5) is 14.0. The Balaban J connectivity index is 0.000000353. The number of benzene rings is 3. The maximum absolute atomic E-state index is 9.92. The number of carbonyl (C=O) groups excluding carboxylic acids is 1. The lowest BCUT2D eigenvalue weighted by Gasteiger charge is -2.07. The predicted molar refractivity (Wildman–Crippen MR) is 130 cm³/mol. The van der Waals surface area contributed by atoms with Crippen LogP contribution in [0.4, 0.5) is 0 Å². The molecule has 3 aromatic carbocycles. The normalized spacial score (nSPS) is 9.86. The highest BCUT2D eigenvalue weighted by atomic mass is 32.2. The summed E-state index contributed by atoms with van der Waals surface area (Å²) in [5, 5.41) is 0. The lowest BCUT2D eigenvalue weighted by molar-refractivity contribution is -0.120. The van der Waals surface area contributed by atoms with Gasteiger partial charge < -0.3 is 5.73 Å². The first-order valence-electron chi connectivity index (χ1n) is 9.80. The summed E-state index contributed by atoms with van der Waals surface area (Å²) in [6.07, 6.45) is 1.18. The number of amides is 1. The standard InChI is InChI=1S/C18H15S.C4H9NO.C3H8S/c1-4-10-16(11-5-1)19(17-12-6-2-7-13-17)18-14-8-3-9-15-18;1-3(2)4(5)6;1-2-3-4/h1-15H;3H,1-2H3,(H2,5,6);4H,2-3H2,1H3/q+1;;. The average Bonchev–Trinajstić information content (AvgIpc) is 2.77. The van der Waals surface area contributed by atoms with Crippen molar-refractivity contribution in [3.05, 3.63) is 91.0 Å². The fraction of sp³-hybridized carbons (Fsp3) is 0.240. The third-order valence-corrected chi connectivity index (χ3v) is 6.41. The first-order valence-corrected chi connectivity index (χ1v) is 11.7. The quantitative estimate of drug-likeness (QED) is 0.368. The Labute approximate surface area is 184 Å². The molecule has 2 nitrogen and oxygen atoms in total. The van der Waals surface area contributed by atoms with Gasteiger partial charge in [-0.25, -0.2) is 0 Å². The molecular formula is C25H32NOS2+. The summed E-state index contributed by atoms with van der Waals surface area (Å²) in [7, 11) is -0.0146. The molecule has 0 unspecified atom stereocenters. The number of nitrogens with two attached hydrogens (primary N) is 1. The Hall–Kier alpha value is -2.17. The van der Waals surface area contributed by atoms with Gasteiger partial charge in [-0.2, -0.15) is 12.6 Å². The molecule has 0 fully saturated rings. The van der Waals surface area contributed by atoms with E-state index in [0.717, 1.165) is 5.75 Å². The number of hydrogen-bond acceptors (Lipinski definition) is 2. The molecule has 0 aliphatic heterocycles. The lowest BCUT2D eigenvalue weighted by Crippen LogP contribution is -2.17. The highest BCUT2D eigenvalue weighted by Crippen LogP contribution is 2.30. The molecule has 0 radical (unpaired) electrons. The number of rotatable bonds is 5. The van der Waals surface area contributed by atoms with Crippen LogP contribution in [-0.2, 0) is 15.7 Å². The Morgan fingerprint density at radius 1 is 0.793 bits per heavy atom. The van der Waals surface area contributed by atoms with Crippen LogP contribution in [0.25, 0.3) is 0 Å². The molecule has 0 aliphatic carbocycles. The summed E-state index contributed by atoms with van der Waals surface area (Å²) in [6, 6.07) is 32.2. The second kappa shape index (κ2) is 14.8. The van der Waals surface area contributed by atoms with Gasteiger partial charge in [0.05, 0.1) is 10.9 Å². The van der Waals surface area contributed by atoms with Crippen molar-refractivity contribution in [1.82, 2.24) is 0 Å². The third-order valence-electron chi connectivity index (χ3n) is 3.73. The van der Waals surface area contributed by atoms with Gasteiger partial charge in [-0.3, -0.25) is 4.79 Å². The topological polar surface area (TPSA) is 43.1 Å². The van der Waals surface area contributed by atoms with Crippen molar-refractivity contribution in [3.8, 4) is 0 Å². The predicted octanol–water partition coefficient (Wildman–Crippen LogP) is 6.24. The summed E-state index contributed by atoms with van der Waals surface area (Å²) < 4.78 is 0. The molecule has 0 aromatic heterocycles. The van der Waals surface area contributed by atoms with Gasteiger partial charge >= 0.3 is 0 Å². The minimum atomic E-state index is -0.241. The zero-order chi connectivity index (χ0) is 21.5. The molecule has 154 valence electrons. The van der Waals surface area contributed by atoms with E-state index in [0.29, 0.717) is 0 Å². The fourth-order valence-corrected chi connectivity index (χ4v) is 4.18. The first-order chi connectivity index (χ1) is 14.0. The Morgan fingerprint density at radius 2 is 1.03 bits per heavy atom. The van der Waals surface area contributed by atoms with E-state index in [1.807, 2.05) is 0 Å². The van der Waals surface area contributed by atoms with Gasteiger partial charge in [0.2, 0.25) is 5.91 Å². The van der Waals surface area contributed by atoms with E-state index in [1.165, 1.54) is 21.1 Å². The van der Waals surface area contributed by atoms with E-state index in [-0.39, 0.29) is 22.7 Å². The van der Waals surface area contributed by atoms with Gasteiger partial charge in [-0.05, 0) is 48.6 Å². The van der Waals surface area contributed by atoms with Crippen LogP contribution in [0.2, 0.25) is 0 Å². The van der Waals surface area contributed by atoms with Gasteiger partial charge in [0, 0.05) is 5.92 Å². The minimum absolute atomic E-state index is 0.00926. The van der Waals surface area contributed by atoms with Crippen LogP contribution >= 0.6 is 12.6 Å². The summed E-state index contributed by atoms with van der Waals surface area (Å²) in [6.45, 7) is 5.64. The molecule has 0 spiro atoms. The Bertz CT molecular complexity index is 697. The minimum Gasteiger partial charge on any atom is -0.369 e. The number of hydrogen-bond donors (Lipinski definition) is 2. The lowest BCUT2D eigenvalue weighted by atomic mass is 10.2. The highest BCUT2D eigenvalue weighted by molar-refractivity contribution is 7.97. The van der Waals surface area contributed by atoms with Crippen LogP contribution in [0.1, 0.15) is 27.2 Å². The maximum atomic E-state index is 9.92. The summed E-state index contributed by atoms with van der Waals surface area (Å²) in [5.74, 6) is 0.764. The van der Waals surface area contributed by atoms with Gasteiger partial charge in [-0.15, -0.1) is 0 Å². The van der Waals surface area contributed by atoms with E-state index >= 15 is 0 Å². The van der Waals surface area contributed by atoms with E-state index in [9.17, 15) is 4.79 Å². The molecule has 0 saturated heterocycles. The van der Waals surface area contributed by atoms with Crippen molar-refractivity contribution in [3.63, 3.8) is 0 Å². The molecule has 4 heteroatoms. The summed E-state index contributed by atoms with van der Waals surface area (Å²) in [5.41, 5.74) is 4.80. The van der Waals surface area contributed by atoms with Crippen molar-refractivity contribution >= 4 is 29.4 Å². The van der Waals surface area contributed by atoms with E-state index < -0.39 is 0 Å². The van der Waals surface area contributed by atoms with Crippen molar-refractivity contribution < 1.29 is 4.79 Å². The van der Waals surface area contributed by atoms with Crippen LogP contribution in [0.15, 0.2) is 106 Å². The van der Waals surface area contributed by atoms with Crippen molar-refractivity contribution in [2.45, 2.75) is 41.9 Å². The molecule has 29 heavy (non-hydrogen) atoms. The number of primary amides is 1. The van der Waals surface area contributed by atoms with Crippen molar-refractivity contribution in [1.29, 1.82) is 0 Å². The molecule has 0 aliphatic rings. The van der Waals surface area contributed by atoms with Crippen molar-refractivity contribution in [2.75, 3.05) is 5.75 Å². The number of carbonyl (C=O) groups is 1. The zero-order valence-corrected chi connectivity index (χ0v) is 19.2. The fourth-order valence-electron chi connectivity index (χ4n) is 2.08. The number of thiol groups is 1. The zero-order valence-electron chi connectivity index (χ0n) is 17.5. The first kappa shape index (κ1) is 24.9. The second-order valence-corrected chi connectivity index (χ2v) is 9.00. The molecule has 2 N–H and O–H groups in total. The maximum Gasteiger partial charge on any atom is 0.219 e. The van der Waals surface area contributed by atoms with E-state index in [1.54, 1.807) is 13.8 Å². The molecule has 1 amide bonds. The van der Waals surface area contributed by atoms with Crippen LogP contribution in [0, 0.1) is 5.92 Å². The van der Waals surface area contributed by atoms with Crippen LogP contribution < -0.4 is 5.73 Å². The third kappa shape index (κ3) is 9.73.